The average molecular weight is 269 g/mol. The van der Waals surface area contributed by atoms with Crippen LogP contribution in [0.4, 0.5) is 8.78 Å². The number of nitrogens with zero attached hydrogens (tertiary/aromatic N) is 1. The van der Waals surface area contributed by atoms with Crippen LogP contribution >= 0.6 is 0 Å². The Balaban J connectivity index is 1.98. The minimum Gasteiger partial charge on any atom is -0.459 e. The van der Waals surface area contributed by atoms with Crippen molar-refractivity contribution in [1.29, 1.82) is 0 Å². The van der Waals surface area contributed by atoms with E-state index in [2.05, 4.69) is 0 Å². The van der Waals surface area contributed by atoms with Crippen molar-refractivity contribution in [3.63, 3.8) is 0 Å². The largest absolute Gasteiger partial charge is 0.459 e. The van der Waals surface area contributed by atoms with Crippen molar-refractivity contribution in [2.75, 3.05) is 13.1 Å². The van der Waals surface area contributed by atoms with Gasteiger partial charge < -0.3 is 9.64 Å². The molecule has 1 aliphatic rings. The maximum atomic E-state index is 13.4. The molecule has 0 aliphatic carbocycles. The number of esters is 1. The van der Waals surface area contributed by atoms with Gasteiger partial charge in [-0.2, -0.15) is 0 Å². The van der Waals surface area contributed by atoms with Crippen LogP contribution in [0.3, 0.4) is 0 Å². The second-order valence-electron chi connectivity index (χ2n) is 4.35. The Labute approximate surface area is 109 Å². The van der Waals surface area contributed by atoms with E-state index in [1.807, 2.05) is 0 Å². The van der Waals surface area contributed by atoms with Crippen LogP contribution in [0.5, 0.6) is 0 Å². The molecule has 0 saturated carbocycles. The van der Waals surface area contributed by atoms with Gasteiger partial charge in [0.25, 0.3) is 0 Å². The first-order valence-electron chi connectivity index (χ1n) is 5.96. The predicted octanol–water partition coefficient (Wildman–Crippen LogP) is 1.74. The molecule has 1 aromatic carbocycles. The Morgan fingerprint density at radius 3 is 2.63 bits per heavy atom. The van der Waals surface area contributed by atoms with Gasteiger partial charge in [0.2, 0.25) is 6.41 Å². The Hall–Kier alpha value is -1.98. The standard InChI is InChI=1S/C13H13F2NO3/c14-11-3-1-2-10(12(11)15)13(18)19-9-4-6-16(8-17)7-5-9/h1-3,8-9H,4-7H2. The molecule has 0 N–H and O–H groups in total. The average Bonchev–Trinajstić information content (AvgIpc) is 2.42. The molecule has 0 unspecified atom stereocenters. The van der Waals surface area contributed by atoms with E-state index in [0.717, 1.165) is 12.5 Å². The zero-order valence-electron chi connectivity index (χ0n) is 10.1. The van der Waals surface area contributed by atoms with Crippen molar-refractivity contribution < 1.29 is 23.1 Å². The van der Waals surface area contributed by atoms with Gasteiger partial charge in [0.1, 0.15) is 6.10 Å². The summed E-state index contributed by atoms with van der Waals surface area (Å²) in [5.41, 5.74) is -0.405. The maximum absolute atomic E-state index is 13.4. The van der Waals surface area contributed by atoms with Crippen LogP contribution in [-0.2, 0) is 9.53 Å². The molecule has 1 heterocycles. The molecule has 0 aromatic heterocycles. The van der Waals surface area contributed by atoms with Gasteiger partial charge in [-0.1, -0.05) is 6.07 Å². The Morgan fingerprint density at radius 2 is 2.00 bits per heavy atom. The van der Waals surface area contributed by atoms with E-state index in [4.69, 9.17) is 4.74 Å². The van der Waals surface area contributed by atoms with Gasteiger partial charge >= 0.3 is 5.97 Å². The van der Waals surface area contributed by atoms with Gasteiger partial charge in [-0.15, -0.1) is 0 Å². The molecule has 19 heavy (non-hydrogen) atoms. The van der Waals surface area contributed by atoms with Gasteiger partial charge in [-0.3, -0.25) is 4.79 Å². The first-order chi connectivity index (χ1) is 9.11. The lowest BCUT2D eigenvalue weighted by Gasteiger charge is -2.28. The summed E-state index contributed by atoms with van der Waals surface area (Å²) < 4.78 is 31.5. The van der Waals surface area contributed by atoms with E-state index in [-0.39, 0.29) is 6.10 Å². The van der Waals surface area contributed by atoms with Gasteiger partial charge in [-0.05, 0) is 12.1 Å². The third kappa shape index (κ3) is 3.07. The molecule has 1 saturated heterocycles. The van der Waals surface area contributed by atoms with Crippen molar-refractivity contribution >= 4 is 12.4 Å². The number of carbonyl (C=O) groups is 2. The number of halogens is 2. The van der Waals surface area contributed by atoms with Crippen LogP contribution in [-0.4, -0.2) is 36.5 Å². The van der Waals surface area contributed by atoms with Crippen LogP contribution in [0, 0.1) is 11.6 Å². The monoisotopic (exact) mass is 269 g/mol. The van der Waals surface area contributed by atoms with Crippen molar-refractivity contribution in [2.24, 2.45) is 0 Å². The highest BCUT2D eigenvalue weighted by Gasteiger charge is 2.24. The van der Waals surface area contributed by atoms with Gasteiger partial charge in [-0.25, -0.2) is 13.6 Å². The highest BCUT2D eigenvalue weighted by Crippen LogP contribution is 2.17. The lowest BCUT2D eigenvalue weighted by Crippen LogP contribution is -2.37. The number of piperidine rings is 1. The van der Waals surface area contributed by atoms with E-state index < -0.39 is 23.2 Å². The number of benzene rings is 1. The predicted molar refractivity (Wildman–Crippen MR) is 62.4 cm³/mol. The molecule has 2 rings (SSSR count). The summed E-state index contributed by atoms with van der Waals surface area (Å²) in [6, 6.07) is 3.37. The number of hydrogen-bond acceptors (Lipinski definition) is 3. The van der Waals surface area contributed by atoms with E-state index in [1.54, 1.807) is 4.90 Å². The zero-order chi connectivity index (χ0) is 13.8. The molecule has 0 bridgehead atoms. The fourth-order valence-corrected chi connectivity index (χ4v) is 1.98. The molecule has 0 radical (unpaired) electrons. The fourth-order valence-electron chi connectivity index (χ4n) is 1.98. The molecule has 0 atom stereocenters. The quantitative estimate of drug-likeness (QED) is 0.620. The summed E-state index contributed by atoms with van der Waals surface area (Å²) in [6.45, 7) is 0.986. The highest BCUT2D eigenvalue weighted by atomic mass is 19.2. The second-order valence-corrected chi connectivity index (χ2v) is 4.35. The maximum Gasteiger partial charge on any atom is 0.341 e. The third-order valence-corrected chi connectivity index (χ3v) is 3.07. The van der Waals surface area contributed by atoms with Crippen LogP contribution in [0.15, 0.2) is 18.2 Å². The third-order valence-electron chi connectivity index (χ3n) is 3.07. The molecule has 1 aliphatic heterocycles. The number of amides is 1. The normalized spacial score (nSPS) is 16.2. The number of ether oxygens (including phenoxy) is 1. The minimum atomic E-state index is -1.20. The van der Waals surface area contributed by atoms with Crippen LogP contribution in [0.25, 0.3) is 0 Å². The van der Waals surface area contributed by atoms with Crippen molar-refractivity contribution in [3.05, 3.63) is 35.4 Å². The number of likely N-dealkylation sites (tertiary alicyclic amines) is 1. The number of hydrogen-bond donors (Lipinski definition) is 0. The van der Waals surface area contributed by atoms with Crippen molar-refractivity contribution in [2.45, 2.75) is 18.9 Å². The molecule has 102 valence electrons. The molecule has 1 amide bonds. The van der Waals surface area contributed by atoms with Crippen LogP contribution < -0.4 is 0 Å². The summed E-state index contributed by atoms with van der Waals surface area (Å²) in [6.07, 6.45) is 1.37. The molecule has 1 aromatic rings. The molecule has 4 nitrogen and oxygen atoms in total. The molecule has 0 spiro atoms. The van der Waals surface area contributed by atoms with Gasteiger partial charge in [0.05, 0.1) is 5.56 Å². The SMILES string of the molecule is O=CN1CCC(OC(=O)c2cccc(F)c2F)CC1. The fraction of sp³-hybridized carbons (Fsp3) is 0.385. The minimum absolute atomic E-state index is 0.369. The van der Waals surface area contributed by atoms with E-state index >= 15 is 0 Å². The first-order valence-corrected chi connectivity index (χ1v) is 5.96. The summed E-state index contributed by atoms with van der Waals surface area (Å²) in [7, 11) is 0. The first kappa shape index (κ1) is 13.5. The van der Waals surface area contributed by atoms with Gasteiger partial charge in [0.15, 0.2) is 11.6 Å². The van der Waals surface area contributed by atoms with Gasteiger partial charge in [0, 0.05) is 25.9 Å². The molecule has 1 fully saturated rings. The van der Waals surface area contributed by atoms with Crippen LogP contribution in [0.1, 0.15) is 23.2 Å². The summed E-state index contributed by atoms with van der Waals surface area (Å²) in [5, 5.41) is 0. The molecular weight excluding hydrogens is 256 g/mol. The number of rotatable bonds is 3. The summed E-state index contributed by atoms with van der Waals surface area (Å²) in [4.78, 5) is 23.8. The Morgan fingerprint density at radius 1 is 1.32 bits per heavy atom. The Kier molecular flexibility index (Phi) is 4.09. The van der Waals surface area contributed by atoms with E-state index in [1.165, 1.54) is 12.1 Å². The smallest absolute Gasteiger partial charge is 0.341 e. The Bertz CT molecular complexity index is 485. The molecular formula is C13H13F2NO3. The highest BCUT2D eigenvalue weighted by molar-refractivity contribution is 5.89. The van der Waals surface area contributed by atoms with Crippen molar-refractivity contribution in [1.82, 2.24) is 4.90 Å². The van der Waals surface area contributed by atoms with E-state index in [9.17, 15) is 18.4 Å². The summed E-state index contributed by atoms with van der Waals surface area (Å²) >= 11 is 0. The lowest BCUT2D eigenvalue weighted by atomic mass is 10.1. The second kappa shape index (κ2) is 5.77. The summed E-state index contributed by atoms with van der Waals surface area (Å²) in [5.74, 6) is -3.15. The van der Waals surface area contributed by atoms with Crippen LogP contribution in [0.2, 0.25) is 0 Å². The van der Waals surface area contributed by atoms with E-state index in [0.29, 0.717) is 25.9 Å². The lowest BCUT2D eigenvalue weighted by molar-refractivity contribution is -0.120. The topological polar surface area (TPSA) is 46.6 Å². The number of carbonyl (C=O) groups excluding carboxylic acids is 2. The van der Waals surface area contributed by atoms with Crippen molar-refractivity contribution in [3.8, 4) is 0 Å². The zero-order valence-corrected chi connectivity index (χ0v) is 10.1. The molecule has 6 heteroatoms.